The zero-order valence-corrected chi connectivity index (χ0v) is 20.9. The largest absolute Gasteiger partial charge is 0.493 e. The second-order valence-corrected chi connectivity index (χ2v) is 9.73. The van der Waals surface area contributed by atoms with Gasteiger partial charge in [0.25, 0.3) is 5.91 Å². The molecule has 0 saturated heterocycles. The highest BCUT2D eigenvalue weighted by Gasteiger charge is 2.25. The Kier molecular flexibility index (Phi) is 8.55. The zero-order chi connectivity index (χ0) is 24.1. The number of hydrogen-bond acceptors (Lipinski definition) is 7. The van der Waals surface area contributed by atoms with E-state index in [1.807, 2.05) is 6.07 Å². The van der Waals surface area contributed by atoms with Gasteiger partial charge in [-0.15, -0.1) is 11.3 Å². The minimum Gasteiger partial charge on any atom is -0.493 e. The van der Waals surface area contributed by atoms with Crippen molar-refractivity contribution in [3.8, 4) is 17.2 Å². The van der Waals surface area contributed by atoms with Crippen LogP contribution in [0.2, 0.25) is 0 Å². The standard InChI is InChI=1S/C24H33NO6S/c1-9-31-23(27)16-12-19(14(2)13-24(3,4)5)32-22(16)25-21(26)15-10-17(28-6)20(30-8)18(11-15)29-7/h10-12,14H,9,13H2,1-8H3,(H,25,26)/t14-/m1/s1. The highest BCUT2D eigenvalue weighted by atomic mass is 32.1. The molecule has 7 nitrogen and oxygen atoms in total. The summed E-state index contributed by atoms with van der Waals surface area (Å²) in [6.07, 6.45) is 0.941. The predicted molar refractivity (Wildman–Crippen MR) is 127 cm³/mol. The van der Waals surface area contributed by atoms with E-state index < -0.39 is 11.9 Å². The summed E-state index contributed by atoms with van der Waals surface area (Å²) in [4.78, 5) is 26.7. The molecule has 0 saturated carbocycles. The smallest absolute Gasteiger partial charge is 0.341 e. The first kappa shape index (κ1) is 25.5. The summed E-state index contributed by atoms with van der Waals surface area (Å²) >= 11 is 1.39. The summed E-state index contributed by atoms with van der Waals surface area (Å²) < 4.78 is 21.2. The molecular formula is C24H33NO6S. The Balaban J connectivity index is 2.42. The fourth-order valence-corrected chi connectivity index (χ4v) is 4.61. The Morgan fingerprint density at radius 3 is 2.09 bits per heavy atom. The lowest BCUT2D eigenvalue weighted by Gasteiger charge is -2.22. The molecule has 0 radical (unpaired) electrons. The van der Waals surface area contributed by atoms with Gasteiger partial charge in [0.2, 0.25) is 5.75 Å². The van der Waals surface area contributed by atoms with Crippen molar-refractivity contribution in [3.05, 3.63) is 34.2 Å². The number of rotatable bonds is 9. The van der Waals surface area contributed by atoms with Crippen LogP contribution in [0.1, 0.15) is 72.6 Å². The molecule has 1 aromatic heterocycles. The van der Waals surface area contributed by atoms with Crippen molar-refractivity contribution in [1.29, 1.82) is 0 Å². The van der Waals surface area contributed by atoms with Crippen molar-refractivity contribution in [2.75, 3.05) is 33.3 Å². The topological polar surface area (TPSA) is 83.1 Å². The van der Waals surface area contributed by atoms with Crippen LogP contribution in [0.15, 0.2) is 18.2 Å². The maximum atomic E-state index is 13.1. The quantitative estimate of drug-likeness (QED) is 0.477. The van der Waals surface area contributed by atoms with Crippen molar-refractivity contribution < 1.29 is 28.5 Å². The number of carbonyl (C=O) groups excluding carboxylic acids is 2. The van der Waals surface area contributed by atoms with Gasteiger partial charge in [-0.1, -0.05) is 27.7 Å². The third kappa shape index (κ3) is 6.16. The first-order chi connectivity index (χ1) is 15.0. The minimum absolute atomic E-state index is 0.132. The van der Waals surface area contributed by atoms with Crippen LogP contribution in [0.3, 0.4) is 0 Å². The van der Waals surface area contributed by atoms with Crippen molar-refractivity contribution in [2.45, 2.75) is 47.0 Å². The molecule has 1 amide bonds. The Morgan fingerprint density at radius 2 is 1.62 bits per heavy atom. The molecule has 0 unspecified atom stereocenters. The highest BCUT2D eigenvalue weighted by molar-refractivity contribution is 7.16. The van der Waals surface area contributed by atoms with Crippen LogP contribution in [0.25, 0.3) is 0 Å². The van der Waals surface area contributed by atoms with Crippen LogP contribution in [0.5, 0.6) is 17.2 Å². The number of anilines is 1. The van der Waals surface area contributed by atoms with Crippen LogP contribution in [-0.2, 0) is 4.74 Å². The van der Waals surface area contributed by atoms with Crippen LogP contribution in [-0.4, -0.2) is 39.8 Å². The number of nitrogens with one attached hydrogen (secondary N) is 1. The lowest BCUT2D eigenvalue weighted by molar-refractivity contribution is 0.0528. The third-order valence-electron chi connectivity index (χ3n) is 4.80. The van der Waals surface area contributed by atoms with Gasteiger partial charge in [-0.25, -0.2) is 4.79 Å². The molecule has 176 valence electrons. The molecule has 0 bridgehead atoms. The number of ether oxygens (including phenoxy) is 4. The fourth-order valence-electron chi connectivity index (χ4n) is 3.51. The molecule has 0 spiro atoms. The molecule has 2 rings (SSSR count). The van der Waals surface area contributed by atoms with Crippen molar-refractivity contribution in [2.24, 2.45) is 5.41 Å². The maximum Gasteiger partial charge on any atom is 0.341 e. The summed E-state index contributed by atoms with van der Waals surface area (Å²) in [6, 6.07) is 4.96. The van der Waals surface area contributed by atoms with E-state index in [1.165, 1.54) is 32.7 Å². The number of benzene rings is 1. The number of methoxy groups -OCH3 is 3. The number of carbonyl (C=O) groups is 2. The normalized spacial score (nSPS) is 12.1. The van der Waals surface area contributed by atoms with Gasteiger partial charge in [0.1, 0.15) is 5.00 Å². The lowest BCUT2D eigenvalue weighted by atomic mass is 9.85. The second-order valence-electron chi connectivity index (χ2n) is 8.65. The second kappa shape index (κ2) is 10.7. The first-order valence-corrected chi connectivity index (χ1v) is 11.3. The Hall–Kier alpha value is -2.74. The summed E-state index contributed by atoms with van der Waals surface area (Å²) in [5.41, 5.74) is 0.799. The molecule has 1 N–H and O–H groups in total. The molecule has 0 fully saturated rings. The Labute approximate surface area is 194 Å². The summed E-state index contributed by atoms with van der Waals surface area (Å²) in [7, 11) is 4.47. The SMILES string of the molecule is CCOC(=O)c1cc([C@H](C)CC(C)(C)C)sc1NC(=O)c1cc(OC)c(OC)c(OC)c1. The van der Waals surface area contributed by atoms with Gasteiger partial charge < -0.3 is 24.3 Å². The van der Waals surface area contributed by atoms with E-state index in [4.69, 9.17) is 18.9 Å². The van der Waals surface area contributed by atoms with Crippen LogP contribution in [0, 0.1) is 5.41 Å². The van der Waals surface area contributed by atoms with E-state index in [2.05, 4.69) is 33.0 Å². The first-order valence-electron chi connectivity index (χ1n) is 10.5. The van der Waals surface area contributed by atoms with E-state index in [1.54, 1.807) is 19.1 Å². The van der Waals surface area contributed by atoms with Gasteiger partial charge >= 0.3 is 5.97 Å². The van der Waals surface area contributed by atoms with Gasteiger partial charge in [-0.05, 0) is 42.9 Å². The van der Waals surface area contributed by atoms with Crippen LogP contribution in [0.4, 0.5) is 5.00 Å². The minimum atomic E-state index is -0.460. The van der Waals surface area contributed by atoms with Gasteiger partial charge in [-0.2, -0.15) is 0 Å². The summed E-state index contributed by atoms with van der Waals surface area (Å²) in [5, 5.41) is 3.33. The molecular weight excluding hydrogens is 430 g/mol. The van der Waals surface area contributed by atoms with E-state index in [9.17, 15) is 9.59 Å². The van der Waals surface area contributed by atoms with Gasteiger partial charge in [0.15, 0.2) is 11.5 Å². The zero-order valence-electron chi connectivity index (χ0n) is 20.1. The highest BCUT2D eigenvalue weighted by Crippen LogP contribution is 2.40. The van der Waals surface area contributed by atoms with E-state index in [-0.39, 0.29) is 17.9 Å². The summed E-state index contributed by atoms with van der Waals surface area (Å²) in [6.45, 7) is 10.7. The van der Waals surface area contributed by atoms with Crippen molar-refractivity contribution >= 4 is 28.2 Å². The molecule has 0 aliphatic rings. The van der Waals surface area contributed by atoms with E-state index in [0.717, 1.165) is 11.3 Å². The maximum absolute atomic E-state index is 13.1. The third-order valence-corrected chi connectivity index (χ3v) is 6.09. The van der Waals surface area contributed by atoms with Gasteiger partial charge in [0, 0.05) is 10.4 Å². The molecule has 0 aliphatic carbocycles. The number of hydrogen-bond donors (Lipinski definition) is 1. The van der Waals surface area contributed by atoms with E-state index >= 15 is 0 Å². The molecule has 1 atom stereocenters. The van der Waals surface area contributed by atoms with Gasteiger partial charge in [0.05, 0.1) is 33.5 Å². The molecule has 8 heteroatoms. The van der Waals surface area contributed by atoms with Crippen molar-refractivity contribution in [3.63, 3.8) is 0 Å². The fraction of sp³-hybridized carbons (Fsp3) is 0.500. The number of amides is 1. The Morgan fingerprint density at radius 1 is 1.03 bits per heavy atom. The van der Waals surface area contributed by atoms with Gasteiger partial charge in [-0.3, -0.25) is 4.79 Å². The number of esters is 1. The Bertz CT molecular complexity index is 935. The molecule has 1 heterocycles. The van der Waals surface area contributed by atoms with Crippen LogP contribution < -0.4 is 19.5 Å². The molecule has 0 aliphatic heterocycles. The monoisotopic (exact) mass is 463 g/mol. The average Bonchev–Trinajstić information content (AvgIpc) is 3.15. The molecule has 2 aromatic rings. The average molecular weight is 464 g/mol. The number of thiophene rings is 1. The summed E-state index contributed by atoms with van der Waals surface area (Å²) in [5.74, 6) is 0.500. The lowest BCUT2D eigenvalue weighted by Crippen LogP contribution is -2.14. The van der Waals surface area contributed by atoms with Crippen molar-refractivity contribution in [1.82, 2.24) is 0 Å². The van der Waals surface area contributed by atoms with E-state index in [0.29, 0.717) is 33.4 Å². The predicted octanol–water partition coefficient (Wildman–Crippen LogP) is 5.74. The molecule has 1 aromatic carbocycles. The molecule has 32 heavy (non-hydrogen) atoms. The van der Waals surface area contributed by atoms with Crippen LogP contribution >= 0.6 is 11.3 Å².